The van der Waals surface area contributed by atoms with Gasteiger partial charge >= 0.3 is 0 Å². The molecule has 2 unspecified atom stereocenters. The summed E-state index contributed by atoms with van der Waals surface area (Å²) in [6.07, 6.45) is 0.535. The highest BCUT2D eigenvalue weighted by Crippen LogP contribution is 2.40. The second kappa shape index (κ2) is 7.46. The molecule has 2 atom stereocenters. The highest BCUT2D eigenvalue weighted by Gasteiger charge is 2.48. The number of carbonyl (C=O) groups is 2. The molecule has 0 radical (unpaired) electrons. The number of aryl methyl sites for hydroxylation is 1. The quantitative estimate of drug-likeness (QED) is 0.821. The highest BCUT2D eigenvalue weighted by atomic mass is 35.5. The van der Waals surface area contributed by atoms with E-state index in [-0.39, 0.29) is 23.7 Å². The summed E-state index contributed by atoms with van der Waals surface area (Å²) >= 11 is 12.1. The molecule has 1 saturated carbocycles. The van der Waals surface area contributed by atoms with Gasteiger partial charge in [0.15, 0.2) is 0 Å². The molecule has 1 aliphatic carbocycles. The van der Waals surface area contributed by atoms with Gasteiger partial charge in [0.05, 0.1) is 27.6 Å². The summed E-state index contributed by atoms with van der Waals surface area (Å²) in [6, 6.07) is 12.9. The van der Waals surface area contributed by atoms with Crippen molar-refractivity contribution in [1.29, 1.82) is 0 Å². The topological polar surface area (TPSA) is 58.2 Å². The van der Waals surface area contributed by atoms with Gasteiger partial charge in [0.25, 0.3) is 0 Å². The van der Waals surface area contributed by atoms with Crippen molar-refractivity contribution in [2.75, 3.05) is 5.32 Å². The molecule has 1 aliphatic rings. The molecule has 0 heterocycles. The van der Waals surface area contributed by atoms with E-state index in [1.807, 2.05) is 31.2 Å². The van der Waals surface area contributed by atoms with E-state index < -0.39 is 0 Å². The third kappa shape index (κ3) is 4.14. The van der Waals surface area contributed by atoms with Crippen molar-refractivity contribution < 1.29 is 9.59 Å². The number of hydrogen-bond acceptors (Lipinski definition) is 2. The molecule has 0 bridgehead atoms. The fraction of sp³-hybridized carbons (Fsp3) is 0.263. The van der Waals surface area contributed by atoms with Crippen LogP contribution in [0.1, 0.15) is 17.5 Å². The van der Waals surface area contributed by atoms with Crippen molar-refractivity contribution in [3.05, 3.63) is 63.6 Å². The maximum Gasteiger partial charge on any atom is 0.228 e. The molecule has 6 heteroatoms. The summed E-state index contributed by atoms with van der Waals surface area (Å²) in [5, 5.41) is 6.38. The van der Waals surface area contributed by atoms with Crippen LogP contribution < -0.4 is 10.6 Å². The largest absolute Gasteiger partial charge is 0.352 e. The molecule has 2 aromatic rings. The predicted octanol–water partition coefficient (Wildman–Crippen LogP) is 4.19. The lowest BCUT2D eigenvalue weighted by Crippen LogP contribution is -2.27. The van der Waals surface area contributed by atoms with E-state index in [4.69, 9.17) is 23.2 Å². The van der Waals surface area contributed by atoms with Crippen LogP contribution in [0.3, 0.4) is 0 Å². The normalized spacial score (nSPS) is 18.5. The number of amides is 2. The number of halogens is 2. The van der Waals surface area contributed by atoms with E-state index >= 15 is 0 Å². The van der Waals surface area contributed by atoms with Crippen LogP contribution in [0.25, 0.3) is 0 Å². The standard InChI is InChI=1S/C19H18Cl2N2O2/c1-11-5-2-3-6-12(11)10-22-18(24)13-9-14(13)19(25)23-17-15(20)7-4-8-16(17)21/h2-8,13-14H,9-10H2,1H3,(H,22,24)(H,23,25). The molecule has 4 nitrogen and oxygen atoms in total. The summed E-state index contributed by atoms with van der Waals surface area (Å²) in [6.45, 7) is 2.47. The van der Waals surface area contributed by atoms with Gasteiger partial charge in [-0.3, -0.25) is 9.59 Å². The van der Waals surface area contributed by atoms with Crippen molar-refractivity contribution in [1.82, 2.24) is 5.32 Å². The van der Waals surface area contributed by atoms with Crippen molar-refractivity contribution in [2.45, 2.75) is 19.9 Å². The SMILES string of the molecule is Cc1ccccc1CNC(=O)C1CC1C(=O)Nc1c(Cl)cccc1Cl. The number of hydrogen-bond donors (Lipinski definition) is 2. The van der Waals surface area contributed by atoms with Gasteiger partial charge in [-0.1, -0.05) is 53.5 Å². The Bertz CT molecular complexity index is 803. The third-order valence-corrected chi connectivity index (χ3v) is 5.02. The Morgan fingerprint density at radius 3 is 2.32 bits per heavy atom. The molecule has 0 aliphatic heterocycles. The van der Waals surface area contributed by atoms with Crippen molar-refractivity contribution in [2.24, 2.45) is 11.8 Å². The number of benzene rings is 2. The average Bonchev–Trinajstić information content (AvgIpc) is 3.38. The fourth-order valence-electron chi connectivity index (χ4n) is 2.73. The number of para-hydroxylation sites is 1. The molecule has 25 heavy (non-hydrogen) atoms. The van der Waals surface area contributed by atoms with E-state index in [9.17, 15) is 9.59 Å². The second-order valence-corrected chi connectivity index (χ2v) is 6.99. The molecule has 2 aromatic carbocycles. The van der Waals surface area contributed by atoms with E-state index in [1.54, 1.807) is 18.2 Å². The Kier molecular flexibility index (Phi) is 5.30. The van der Waals surface area contributed by atoms with Gasteiger partial charge in [0.2, 0.25) is 11.8 Å². The molecule has 2 amide bonds. The summed E-state index contributed by atoms with van der Waals surface area (Å²) in [5.74, 6) is -0.978. The zero-order valence-corrected chi connectivity index (χ0v) is 15.2. The fourth-order valence-corrected chi connectivity index (χ4v) is 3.22. The first kappa shape index (κ1) is 17.8. The first-order chi connectivity index (χ1) is 12.0. The van der Waals surface area contributed by atoms with E-state index in [1.165, 1.54) is 0 Å². The van der Waals surface area contributed by atoms with Crippen molar-refractivity contribution >= 4 is 40.7 Å². The van der Waals surface area contributed by atoms with Crippen LogP contribution in [-0.2, 0) is 16.1 Å². The average molecular weight is 377 g/mol. The van der Waals surface area contributed by atoms with E-state index in [0.29, 0.717) is 28.7 Å². The maximum absolute atomic E-state index is 12.3. The molecule has 3 rings (SSSR count). The minimum atomic E-state index is -0.343. The lowest BCUT2D eigenvalue weighted by Gasteiger charge is -2.09. The monoisotopic (exact) mass is 376 g/mol. The minimum Gasteiger partial charge on any atom is -0.352 e. The minimum absolute atomic E-state index is 0.103. The molecule has 130 valence electrons. The van der Waals surface area contributed by atoms with Crippen LogP contribution in [0.4, 0.5) is 5.69 Å². The van der Waals surface area contributed by atoms with Gasteiger partial charge in [-0.05, 0) is 36.6 Å². The maximum atomic E-state index is 12.3. The lowest BCUT2D eigenvalue weighted by atomic mass is 10.1. The Hall–Kier alpha value is -2.04. The summed E-state index contributed by atoms with van der Waals surface area (Å²) in [7, 11) is 0. The van der Waals surface area contributed by atoms with Gasteiger partial charge in [-0.25, -0.2) is 0 Å². The predicted molar refractivity (Wildman–Crippen MR) is 99.7 cm³/mol. The number of rotatable bonds is 5. The molecule has 0 saturated heterocycles. The smallest absolute Gasteiger partial charge is 0.228 e. The first-order valence-corrected chi connectivity index (χ1v) is 8.80. The van der Waals surface area contributed by atoms with Crippen LogP contribution in [0.2, 0.25) is 10.0 Å². The zero-order valence-electron chi connectivity index (χ0n) is 13.7. The lowest BCUT2D eigenvalue weighted by molar-refractivity contribution is -0.125. The van der Waals surface area contributed by atoms with Crippen LogP contribution in [0.15, 0.2) is 42.5 Å². The summed E-state index contributed by atoms with van der Waals surface area (Å²) in [5.41, 5.74) is 2.59. The Morgan fingerprint density at radius 2 is 1.64 bits per heavy atom. The van der Waals surface area contributed by atoms with Gasteiger partial charge in [-0.15, -0.1) is 0 Å². The second-order valence-electron chi connectivity index (χ2n) is 6.18. The number of carbonyl (C=O) groups excluding carboxylic acids is 2. The first-order valence-electron chi connectivity index (χ1n) is 8.04. The Balaban J connectivity index is 1.54. The summed E-state index contributed by atoms with van der Waals surface area (Å²) in [4.78, 5) is 24.6. The Labute approximate surface area is 156 Å². The van der Waals surface area contributed by atoms with E-state index in [2.05, 4.69) is 10.6 Å². The highest BCUT2D eigenvalue weighted by molar-refractivity contribution is 6.39. The van der Waals surface area contributed by atoms with Crippen LogP contribution >= 0.6 is 23.2 Å². The van der Waals surface area contributed by atoms with Crippen molar-refractivity contribution in [3.8, 4) is 0 Å². The van der Waals surface area contributed by atoms with Gasteiger partial charge in [0, 0.05) is 6.54 Å². The molecular formula is C19H18Cl2N2O2. The van der Waals surface area contributed by atoms with Gasteiger partial charge in [0.1, 0.15) is 0 Å². The summed E-state index contributed by atoms with van der Waals surface area (Å²) < 4.78 is 0. The molecule has 2 N–H and O–H groups in total. The molecule has 0 spiro atoms. The van der Waals surface area contributed by atoms with E-state index in [0.717, 1.165) is 11.1 Å². The van der Waals surface area contributed by atoms with Crippen LogP contribution in [0.5, 0.6) is 0 Å². The van der Waals surface area contributed by atoms with Crippen LogP contribution in [-0.4, -0.2) is 11.8 Å². The molecule has 0 aromatic heterocycles. The number of nitrogens with one attached hydrogen (secondary N) is 2. The molecule has 1 fully saturated rings. The zero-order chi connectivity index (χ0) is 18.0. The number of anilines is 1. The van der Waals surface area contributed by atoms with Crippen molar-refractivity contribution in [3.63, 3.8) is 0 Å². The van der Waals surface area contributed by atoms with Crippen LogP contribution in [0, 0.1) is 18.8 Å². The Morgan fingerprint density at radius 1 is 1.00 bits per heavy atom. The molecular weight excluding hydrogens is 359 g/mol. The van der Waals surface area contributed by atoms with Gasteiger partial charge in [-0.2, -0.15) is 0 Å². The van der Waals surface area contributed by atoms with Gasteiger partial charge < -0.3 is 10.6 Å². The third-order valence-electron chi connectivity index (χ3n) is 4.39.